The first kappa shape index (κ1) is 25.0. The van der Waals surface area contributed by atoms with Gasteiger partial charge in [-0.2, -0.15) is 0 Å². The van der Waals surface area contributed by atoms with Gasteiger partial charge >= 0.3 is 23.9 Å². The number of hydrogen-bond donors (Lipinski definition) is 6. The van der Waals surface area contributed by atoms with Gasteiger partial charge in [0.05, 0.1) is 5.92 Å². The summed E-state index contributed by atoms with van der Waals surface area (Å²) in [6.07, 6.45) is 0.722. The van der Waals surface area contributed by atoms with E-state index in [9.17, 15) is 19.2 Å². The maximum absolute atomic E-state index is 11.0. The Morgan fingerprint density at radius 3 is 1.75 bits per heavy atom. The third kappa shape index (κ3) is 11.6. The van der Waals surface area contributed by atoms with Crippen molar-refractivity contribution in [2.45, 2.75) is 44.2 Å². The summed E-state index contributed by atoms with van der Waals surface area (Å²) in [5, 5.41) is 34.0. The van der Waals surface area contributed by atoms with E-state index in [4.69, 9.17) is 31.9 Å². The summed E-state index contributed by atoms with van der Waals surface area (Å²) in [6.45, 7) is 0. The van der Waals surface area contributed by atoms with Crippen molar-refractivity contribution >= 4 is 23.9 Å². The number of nitrogens with two attached hydrogens (primary N) is 2. The number of aliphatic carboxylic acids is 4. The molecule has 0 aliphatic heterocycles. The predicted octanol–water partition coefficient (Wildman–Crippen LogP) is 0.385. The van der Waals surface area contributed by atoms with Crippen LogP contribution in [0.5, 0.6) is 0 Å². The topological polar surface area (TPSA) is 201 Å². The van der Waals surface area contributed by atoms with Crippen LogP contribution in [0.2, 0.25) is 0 Å². The highest BCUT2D eigenvalue weighted by atomic mass is 16.4. The van der Waals surface area contributed by atoms with Gasteiger partial charge in [0.25, 0.3) is 0 Å². The average molecular weight is 398 g/mol. The molecule has 3 unspecified atom stereocenters. The molecule has 0 fully saturated rings. The van der Waals surface area contributed by atoms with Gasteiger partial charge in [-0.25, -0.2) is 0 Å². The molecule has 0 aliphatic carbocycles. The fourth-order valence-electron chi connectivity index (χ4n) is 2.14. The predicted molar refractivity (Wildman–Crippen MR) is 98.6 cm³/mol. The van der Waals surface area contributed by atoms with E-state index in [1.165, 1.54) is 0 Å². The Kier molecular flexibility index (Phi) is 11.8. The zero-order valence-electron chi connectivity index (χ0n) is 15.2. The van der Waals surface area contributed by atoms with E-state index < -0.39 is 41.9 Å². The number of hydrogen-bond acceptors (Lipinski definition) is 6. The lowest BCUT2D eigenvalue weighted by Gasteiger charge is -2.14. The van der Waals surface area contributed by atoms with Gasteiger partial charge < -0.3 is 31.9 Å². The molecule has 10 heteroatoms. The van der Waals surface area contributed by atoms with Crippen LogP contribution >= 0.6 is 0 Å². The lowest BCUT2D eigenvalue weighted by Crippen LogP contribution is -2.34. The molecule has 156 valence electrons. The Hall–Kier alpha value is -2.98. The Morgan fingerprint density at radius 2 is 1.32 bits per heavy atom. The Morgan fingerprint density at radius 1 is 0.786 bits per heavy atom. The van der Waals surface area contributed by atoms with Gasteiger partial charge in [0.1, 0.15) is 12.1 Å². The van der Waals surface area contributed by atoms with E-state index in [1.54, 1.807) is 0 Å². The second kappa shape index (κ2) is 13.2. The van der Waals surface area contributed by atoms with Crippen molar-refractivity contribution < 1.29 is 39.6 Å². The van der Waals surface area contributed by atoms with Crippen molar-refractivity contribution in [1.82, 2.24) is 0 Å². The van der Waals surface area contributed by atoms with Crippen LogP contribution in [-0.4, -0.2) is 56.4 Å². The van der Waals surface area contributed by atoms with E-state index in [0.29, 0.717) is 12.8 Å². The quantitative estimate of drug-likeness (QED) is 0.302. The van der Waals surface area contributed by atoms with Crippen molar-refractivity contribution in [1.29, 1.82) is 0 Å². The van der Waals surface area contributed by atoms with Crippen LogP contribution in [-0.2, 0) is 25.6 Å². The fraction of sp³-hybridized carbons (Fsp3) is 0.444. The highest BCUT2D eigenvalue weighted by Gasteiger charge is 2.24. The van der Waals surface area contributed by atoms with Crippen molar-refractivity contribution in [2.24, 2.45) is 17.4 Å². The molecule has 0 heterocycles. The van der Waals surface area contributed by atoms with E-state index >= 15 is 0 Å². The summed E-state index contributed by atoms with van der Waals surface area (Å²) in [5.74, 6) is -5.09. The van der Waals surface area contributed by atoms with Crippen LogP contribution in [0.1, 0.15) is 31.2 Å². The number of carbonyl (C=O) groups is 4. The molecule has 0 aliphatic rings. The summed E-state index contributed by atoms with van der Waals surface area (Å²) in [5.41, 5.74) is 11.4. The molecule has 1 rings (SSSR count). The molecule has 0 saturated carbocycles. The second-order valence-corrected chi connectivity index (χ2v) is 6.12. The number of carboxylic acids is 4. The minimum Gasteiger partial charge on any atom is -0.481 e. The molecule has 28 heavy (non-hydrogen) atoms. The van der Waals surface area contributed by atoms with Gasteiger partial charge in [-0.15, -0.1) is 0 Å². The molecule has 10 nitrogen and oxygen atoms in total. The molecule has 0 saturated heterocycles. The molecule has 0 spiro atoms. The van der Waals surface area contributed by atoms with E-state index in [2.05, 4.69) is 0 Å². The van der Waals surface area contributed by atoms with Crippen molar-refractivity contribution in [3.8, 4) is 0 Å². The number of benzene rings is 1. The Bertz CT molecular complexity index is 650. The molecule has 0 bridgehead atoms. The largest absolute Gasteiger partial charge is 0.481 e. The highest BCUT2D eigenvalue weighted by molar-refractivity contribution is 5.76. The van der Waals surface area contributed by atoms with Crippen molar-refractivity contribution in [3.05, 3.63) is 35.9 Å². The molecule has 1 aromatic carbocycles. The van der Waals surface area contributed by atoms with E-state index in [-0.39, 0.29) is 19.3 Å². The molecule has 0 amide bonds. The molecule has 3 atom stereocenters. The number of carboxylic acid groups (broad SMARTS) is 4. The van der Waals surface area contributed by atoms with Gasteiger partial charge in [0.15, 0.2) is 0 Å². The highest BCUT2D eigenvalue weighted by Crippen LogP contribution is 2.15. The normalized spacial score (nSPS) is 13.4. The smallest absolute Gasteiger partial charge is 0.320 e. The van der Waals surface area contributed by atoms with E-state index in [0.717, 1.165) is 5.56 Å². The first-order valence-electron chi connectivity index (χ1n) is 8.49. The van der Waals surface area contributed by atoms with Gasteiger partial charge in [-0.05, 0) is 31.2 Å². The lowest BCUT2D eigenvalue weighted by molar-refractivity contribution is -0.144. The zero-order chi connectivity index (χ0) is 21.7. The summed E-state index contributed by atoms with van der Waals surface area (Å²) in [4.78, 5) is 41.5. The van der Waals surface area contributed by atoms with Crippen molar-refractivity contribution in [3.63, 3.8) is 0 Å². The first-order valence-corrected chi connectivity index (χ1v) is 8.49. The third-order valence-electron chi connectivity index (χ3n) is 3.82. The fourth-order valence-corrected chi connectivity index (χ4v) is 2.14. The maximum atomic E-state index is 11.0. The minimum absolute atomic E-state index is 0.0231. The van der Waals surface area contributed by atoms with Crippen LogP contribution in [0.15, 0.2) is 30.3 Å². The van der Waals surface area contributed by atoms with Crippen LogP contribution in [0.3, 0.4) is 0 Å². The van der Waals surface area contributed by atoms with Crippen LogP contribution in [0.25, 0.3) is 0 Å². The van der Waals surface area contributed by atoms with Crippen LogP contribution < -0.4 is 11.5 Å². The van der Waals surface area contributed by atoms with Crippen LogP contribution in [0.4, 0.5) is 0 Å². The first-order chi connectivity index (χ1) is 13.0. The standard InChI is InChI=1S/C13H17NO4.C5H9NO4/c14-11(13(17)18)8-10(12(15)16)7-6-9-4-2-1-3-5-9;6-3(5(9)10)1-2-4(7)8/h1-5,10-11H,6-8,14H2,(H,15,16)(H,17,18);3H,1-2,6H2,(H,7,8)(H,9,10). The van der Waals surface area contributed by atoms with Gasteiger partial charge in [-0.1, -0.05) is 30.3 Å². The molecular weight excluding hydrogens is 372 g/mol. The van der Waals surface area contributed by atoms with Gasteiger partial charge in [-0.3, -0.25) is 19.2 Å². The Balaban J connectivity index is 0.000000621. The van der Waals surface area contributed by atoms with Crippen LogP contribution in [0, 0.1) is 5.92 Å². The lowest BCUT2D eigenvalue weighted by atomic mass is 9.93. The Labute approximate surface area is 161 Å². The number of rotatable bonds is 11. The van der Waals surface area contributed by atoms with Crippen molar-refractivity contribution in [2.75, 3.05) is 0 Å². The summed E-state index contributed by atoms with van der Waals surface area (Å²) in [7, 11) is 0. The summed E-state index contributed by atoms with van der Waals surface area (Å²) in [6, 6.07) is 7.30. The second-order valence-electron chi connectivity index (χ2n) is 6.12. The molecule has 0 radical (unpaired) electrons. The molecule has 0 aromatic heterocycles. The monoisotopic (exact) mass is 398 g/mol. The summed E-state index contributed by atoms with van der Waals surface area (Å²) < 4.78 is 0. The molecular formula is C18H26N2O8. The van der Waals surface area contributed by atoms with Gasteiger partial charge in [0, 0.05) is 6.42 Å². The maximum Gasteiger partial charge on any atom is 0.320 e. The molecule has 8 N–H and O–H groups in total. The minimum atomic E-state index is -1.17. The zero-order valence-corrected chi connectivity index (χ0v) is 15.2. The summed E-state index contributed by atoms with van der Waals surface area (Å²) >= 11 is 0. The third-order valence-corrected chi connectivity index (χ3v) is 3.82. The SMILES string of the molecule is NC(CC(CCc1ccccc1)C(=O)O)C(=O)O.NC(CCC(=O)O)C(=O)O. The molecule has 1 aromatic rings. The average Bonchev–Trinajstić information content (AvgIpc) is 2.63. The van der Waals surface area contributed by atoms with Gasteiger partial charge in [0.2, 0.25) is 0 Å². The number of aryl methyl sites for hydroxylation is 1. The van der Waals surface area contributed by atoms with E-state index in [1.807, 2.05) is 30.3 Å².